The van der Waals surface area contributed by atoms with Crippen molar-refractivity contribution < 1.29 is 4.79 Å². The first-order valence-electron chi connectivity index (χ1n) is 6.75. The first-order valence-corrected chi connectivity index (χ1v) is 7.13. The Hall–Kier alpha value is -1.06. The Morgan fingerprint density at radius 2 is 2.21 bits per heavy atom. The van der Waals surface area contributed by atoms with Gasteiger partial charge in [0.05, 0.1) is 0 Å². The fourth-order valence-electron chi connectivity index (χ4n) is 2.50. The second-order valence-electron chi connectivity index (χ2n) is 5.67. The molecule has 0 aliphatic carbocycles. The van der Waals surface area contributed by atoms with Crippen LogP contribution in [0.3, 0.4) is 0 Å². The summed E-state index contributed by atoms with van der Waals surface area (Å²) in [5, 5.41) is 0.739. The Labute approximate surface area is 119 Å². The second kappa shape index (κ2) is 5.93. The molecule has 1 aliphatic rings. The molecule has 0 saturated carbocycles. The summed E-state index contributed by atoms with van der Waals surface area (Å²) in [6.45, 7) is 4.40. The number of halogens is 1. The van der Waals surface area contributed by atoms with Gasteiger partial charge in [0.1, 0.15) is 0 Å². The summed E-state index contributed by atoms with van der Waals surface area (Å²) in [6, 6.07) is 7.69. The highest BCUT2D eigenvalue weighted by atomic mass is 35.5. The van der Waals surface area contributed by atoms with Crippen LogP contribution in [0.2, 0.25) is 5.02 Å². The molecule has 0 bridgehead atoms. The van der Waals surface area contributed by atoms with Crippen molar-refractivity contribution in [3.8, 4) is 0 Å². The van der Waals surface area contributed by atoms with E-state index in [1.807, 2.05) is 29.2 Å². The van der Waals surface area contributed by atoms with Gasteiger partial charge in [-0.25, -0.2) is 0 Å². The highest BCUT2D eigenvalue weighted by Gasteiger charge is 2.34. The third-order valence-corrected chi connectivity index (χ3v) is 4.34. The molecule has 1 atom stereocenters. The van der Waals surface area contributed by atoms with Crippen molar-refractivity contribution in [2.24, 2.45) is 11.1 Å². The summed E-state index contributed by atoms with van der Waals surface area (Å²) >= 11 is 6.09. The lowest BCUT2D eigenvalue weighted by atomic mass is 9.90. The molecular formula is C15H21ClN2O. The van der Waals surface area contributed by atoms with Crippen LogP contribution in [0.25, 0.3) is 0 Å². The fraction of sp³-hybridized carbons (Fsp3) is 0.533. The molecular weight excluding hydrogens is 260 g/mol. The van der Waals surface area contributed by atoms with Crippen LogP contribution in [0, 0.1) is 5.41 Å². The molecule has 1 saturated heterocycles. The van der Waals surface area contributed by atoms with Gasteiger partial charge >= 0.3 is 0 Å². The molecule has 1 aromatic rings. The van der Waals surface area contributed by atoms with Crippen LogP contribution < -0.4 is 5.73 Å². The first-order chi connectivity index (χ1) is 9.04. The topological polar surface area (TPSA) is 46.3 Å². The van der Waals surface area contributed by atoms with E-state index in [1.165, 1.54) is 0 Å². The Morgan fingerprint density at radius 3 is 2.84 bits per heavy atom. The molecule has 1 amide bonds. The van der Waals surface area contributed by atoms with Crippen molar-refractivity contribution in [2.45, 2.75) is 26.2 Å². The Morgan fingerprint density at radius 1 is 1.47 bits per heavy atom. The minimum Gasteiger partial charge on any atom is -0.342 e. The van der Waals surface area contributed by atoms with Crippen LogP contribution in [0.15, 0.2) is 24.3 Å². The number of benzene rings is 1. The van der Waals surface area contributed by atoms with Crippen LogP contribution in [0.5, 0.6) is 0 Å². The number of nitrogens with two attached hydrogens (primary N) is 1. The largest absolute Gasteiger partial charge is 0.342 e. The minimum atomic E-state index is 0.0973. The van der Waals surface area contributed by atoms with E-state index in [0.29, 0.717) is 19.4 Å². The monoisotopic (exact) mass is 280 g/mol. The molecule has 2 N–H and O–H groups in total. The van der Waals surface area contributed by atoms with Crippen molar-refractivity contribution in [1.29, 1.82) is 0 Å². The quantitative estimate of drug-likeness (QED) is 0.921. The van der Waals surface area contributed by atoms with E-state index in [1.54, 1.807) is 0 Å². The summed E-state index contributed by atoms with van der Waals surface area (Å²) in [5.74, 6) is 0.206. The fourth-order valence-corrected chi connectivity index (χ4v) is 2.73. The van der Waals surface area contributed by atoms with Gasteiger partial charge in [0, 0.05) is 24.5 Å². The number of rotatable bonds is 4. The van der Waals surface area contributed by atoms with E-state index in [0.717, 1.165) is 30.1 Å². The molecule has 104 valence electrons. The Balaban J connectivity index is 1.88. The zero-order valence-electron chi connectivity index (χ0n) is 11.4. The van der Waals surface area contributed by atoms with Crippen LogP contribution in [-0.2, 0) is 11.2 Å². The Kier molecular flexibility index (Phi) is 4.48. The van der Waals surface area contributed by atoms with E-state index in [9.17, 15) is 4.79 Å². The van der Waals surface area contributed by atoms with E-state index in [-0.39, 0.29) is 11.3 Å². The number of hydrogen-bond donors (Lipinski definition) is 1. The Bertz CT molecular complexity index is 463. The van der Waals surface area contributed by atoms with Gasteiger partial charge in [0.2, 0.25) is 5.91 Å². The van der Waals surface area contributed by atoms with Crippen LogP contribution in [-0.4, -0.2) is 30.4 Å². The molecule has 1 heterocycles. The van der Waals surface area contributed by atoms with Crippen LogP contribution in [0.4, 0.5) is 0 Å². The molecule has 19 heavy (non-hydrogen) atoms. The van der Waals surface area contributed by atoms with Crippen LogP contribution >= 0.6 is 11.6 Å². The normalized spacial score (nSPS) is 22.8. The summed E-state index contributed by atoms with van der Waals surface area (Å²) < 4.78 is 0. The SMILES string of the molecule is CC1(CN)CCN(C(=O)CCc2ccccc2Cl)C1. The number of nitrogens with zero attached hydrogens (tertiary/aromatic N) is 1. The van der Waals surface area contributed by atoms with Gasteiger partial charge in [0.25, 0.3) is 0 Å². The molecule has 0 aromatic heterocycles. The molecule has 0 radical (unpaired) electrons. The van der Waals surface area contributed by atoms with E-state index in [4.69, 9.17) is 17.3 Å². The third kappa shape index (κ3) is 3.48. The molecule has 0 spiro atoms. The summed E-state index contributed by atoms with van der Waals surface area (Å²) in [6.07, 6.45) is 2.22. The van der Waals surface area contributed by atoms with Crippen molar-refractivity contribution in [3.05, 3.63) is 34.9 Å². The molecule has 4 heteroatoms. The van der Waals surface area contributed by atoms with Gasteiger partial charge in [-0.2, -0.15) is 0 Å². The predicted octanol–water partition coefficient (Wildman–Crippen LogP) is 2.47. The highest BCUT2D eigenvalue weighted by molar-refractivity contribution is 6.31. The van der Waals surface area contributed by atoms with Crippen LogP contribution in [0.1, 0.15) is 25.3 Å². The second-order valence-corrected chi connectivity index (χ2v) is 6.08. The minimum absolute atomic E-state index is 0.0973. The smallest absolute Gasteiger partial charge is 0.222 e. The first kappa shape index (κ1) is 14.4. The van der Waals surface area contributed by atoms with Gasteiger partial charge in [-0.15, -0.1) is 0 Å². The number of amides is 1. The standard InChI is InChI=1S/C15H21ClN2O/c1-15(10-17)8-9-18(11-15)14(19)7-6-12-4-2-3-5-13(12)16/h2-5H,6-11,17H2,1H3. The maximum atomic E-state index is 12.2. The lowest BCUT2D eigenvalue weighted by molar-refractivity contribution is -0.130. The number of carbonyl (C=O) groups is 1. The summed E-state index contributed by atoms with van der Waals surface area (Å²) in [7, 11) is 0. The number of likely N-dealkylation sites (tertiary alicyclic amines) is 1. The van der Waals surface area contributed by atoms with Gasteiger partial charge in [-0.1, -0.05) is 36.7 Å². The maximum Gasteiger partial charge on any atom is 0.222 e. The molecule has 1 aromatic carbocycles. The zero-order valence-corrected chi connectivity index (χ0v) is 12.1. The number of aryl methyl sites for hydroxylation is 1. The molecule has 1 fully saturated rings. The van der Waals surface area contributed by atoms with Crippen molar-refractivity contribution >= 4 is 17.5 Å². The molecule has 1 unspecified atom stereocenters. The number of carbonyl (C=O) groups excluding carboxylic acids is 1. The zero-order chi connectivity index (χ0) is 13.9. The van der Waals surface area contributed by atoms with E-state index < -0.39 is 0 Å². The van der Waals surface area contributed by atoms with Crippen molar-refractivity contribution in [3.63, 3.8) is 0 Å². The predicted molar refractivity (Wildman–Crippen MR) is 78.1 cm³/mol. The maximum absolute atomic E-state index is 12.2. The molecule has 2 rings (SSSR count). The summed E-state index contributed by atoms with van der Waals surface area (Å²) in [5.41, 5.74) is 6.90. The van der Waals surface area contributed by atoms with Crippen molar-refractivity contribution in [1.82, 2.24) is 4.90 Å². The highest BCUT2D eigenvalue weighted by Crippen LogP contribution is 2.29. The average Bonchev–Trinajstić information content (AvgIpc) is 2.81. The van der Waals surface area contributed by atoms with Gasteiger partial charge in [0.15, 0.2) is 0 Å². The average molecular weight is 281 g/mol. The number of hydrogen-bond acceptors (Lipinski definition) is 2. The van der Waals surface area contributed by atoms with E-state index >= 15 is 0 Å². The molecule has 1 aliphatic heterocycles. The third-order valence-electron chi connectivity index (χ3n) is 3.97. The van der Waals surface area contributed by atoms with Crippen molar-refractivity contribution in [2.75, 3.05) is 19.6 Å². The van der Waals surface area contributed by atoms with Gasteiger partial charge in [-0.05, 0) is 36.4 Å². The lowest BCUT2D eigenvalue weighted by Crippen LogP contribution is -2.34. The molecule has 3 nitrogen and oxygen atoms in total. The summed E-state index contributed by atoms with van der Waals surface area (Å²) in [4.78, 5) is 14.1. The van der Waals surface area contributed by atoms with Gasteiger partial charge < -0.3 is 10.6 Å². The van der Waals surface area contributed by atoms with E-state index in [2.05, 4.69) is 6.92 Å². The lowest BCUT2D eigenvalue weighted by Gasteiger charge is -2.22. The van der Waals surface area contributed by atoms with Gasteiger partial charge in [-0.3, -0.25) is 4.79 Å².